The molecule has 3 unspecified atom stereocenters. The zero-order chi connectivity index (χ0) is 45.2. The van der Waals surface area contributed by atoms with Crippen molar-refractivity contribution in [3.05, 3.63) is 71.1 Å². The number of carbonyl (C=O) groups is 2. The highest BCUT2D eigenvalue weighted by atomic mass is 32.5. The Morgan fingerprint density at radius 3 is 1.85 bits per heavy atom. The van der Waals surface area contributed by atoms with Crippen molar-refractivity contribution < 1.29 is 59.4 Å². The van der Waals surface area contributed by atoms with Gasteiger partial charge in [0.1, 0.15) is 6.61 Å². The molecule has 1 amide bonds. The van der Waals surface area contributed by atoms with Gasteiger partial charge in [0.2, 0.25) is 22.5 Å². The minimum atomic E-state index is -3.72. The molecule has 0 aliphatic carbocycles. The van der Waals surface area contributed by atoms with Crippen molar-refractivity contribution in [2.45, 2.75) is 83.0 Å². The van der Waals surface area contributed by atoms with Gasteiger partial charge in [-0.2, -0.15) is 0 Å². The smallest absolute Gasteiger partial charge is 0.327 e. The number of aliphatic carboxylic acids is 1. The maximum Gasteiger partial charge on any atom is 0.327 e. The Bertz CT molecular complexity index is 1690. The van der Waals surface area contributed by atoms with E-state index in [-0.39, 0.29) is 36.8 Å². The number of benzene rings is 2. The van der Waals surface area contributed by atoms with Crippen molar-refractivity contribution >= 4 is 75.9 Å². The summed E-state index contributed by atoms with van der Waals surface area (Å²) in [5, 5.41) is 16.3. The molecule has 0 spiro atoms. The highest BCUT2D eigenvalue weighted by molar-refractivity contribution is 8.07. The second kappa shape index (κ2) is 35.3. The quantitative estimate of drug-likeness (QED) is 0.0287. The first kappa shape index (κ1) is 58.8. The van der Waals surface area contributed by atoms with Gasteiger partial charge in [0.05, 0.1) is 31.0 Å². The number of nitrogens with two attached hydrogens (primary N) is 2. The third-order valence-electron chi connectivity index (χ3n) is 7.03. The molecule has 24 heteroatoms. The van der Waals surface area contributed by atoms with E-state index in [2.05, 4.69) is 19.4 Å². The number of nitrogens with zero attached hydrogens (tertiary/aromatic N) is 1. The molecule has 18 nitrogen and oxygen atoms in total. The second-order valence-corrected chi connectivity index (χ2v) is 19.9. The maximum absolute atomic E-state index is 11.8. The van der Waals surface area contributed by atoms with E-state index in [0.717, 1.165) is 57.9 Å². The Hall–Kier alpha value is -2.29. The number of hydrogen-bond donors (Lipinski definition) is 6. The van der Waals surface area contributed by atoms with Crippen LogP contribution in [0.15, 0.2) is 53.4 Å². The van der Waals surface area contributed by atoms with Gasteiger partial charge in [-0.05, 0) is 91.2 Å². The van der Waals surface area contributed by atoms with Crippen molar-refractivity contribution in [2.24, 2.45) is 10.9 Å². The third-order valence-corrected chi connectivity index (χ3v) is 12.6. The molecule has 59 heavy (non-hydrogen) atoms. The summed E-state index contributed by atoms with van der Waals surface area (Å²) < 4.78 is 70.5. The van der Waals surface area contributed by atoms with E-state index in [1.807, 2.05) is 13.8 Å². The van der Waals surface area contributed by atoms with Gasteiger partial charge in [-0.1, -0.05) is 63.8 Å². The Morgan fingerprint density at radius 2 is 1.36 bits per heavy atom. The Morgan fingerprint density at radius 1 is 0.847 bits per heavy atom. The molecule has 0 saturated carbocycles. The van der Waals surface area contributed by atoms with Gasteiger partial charge in [-0.3, -0.25) is 13.8 Å². The van der Waals surface area contributed by atoms with E-state index < -0.39 is 40.7 Å². The molecule has 0 fully saturated rings. The van der Waals surface area contributed by atoms with Gasteiger partial charge in [0, 0.05) is 37.7 Å². The Balaban J connectivity index is 0. The lowest BCUT2D eigenvalue weighted by molar-refractivity contribution is -0.136. The molecule has 3 atom stereocenters. The maximum atomic E-state index is 11.8. The summed E-state index contributed by atoms with van der Waals surface area (Å²) in [5.41, 5.74) is 7.14. The second-order valence-electron chi connectivity index (χ2n) is 11.6. The van der Waals surface area contributed by atoms with Crippen molar-refractivity contribution in [3.63, 3.8) is 0 Å². The molecule has 8 N–H and O–H groups in total. The number of nitrogens with one attached hydrogen (secondary N) is 2. The lowest BCUT2D eigenvalue weighted by Crippen LogP contribution is -2.26. The molecule has 2 rings (SSSR count). The summed E-state index contributed by atoms with van der Waals surface area (Å²) in [5.74, 6) is -1.05. The molecule has 0 radical (unpaired) electrons. The number of anilines is 1. The number of carboxylic acids is 1. The van der Waals surface area contributed by atoms with Crippen molar-refractivity contribution in [2.75, 3.05) is 58.4 Å². The first-order chi connectivity index (χ1) is 27.9. The number of carboxylic acid groups (broad SMARTS) is 1. The van der Waals surface area contributed by atoms with Gasteiger partial charge < -0.3 is 57.8 Å². The molecule has 2 aromatic rings. The van der Waals surface area contributed by atoms with E-state index in [4.69, 9.17) is 64.3 Å². The number of unbranched alkanes of at least 4 members (excludes halogenated alkanes) is 6. The highest BCUT2D eigenvalue weighted by Crippen LogP contribution is 2.49. The van der Waals surface area contributed by atoms with Gasteiger partial charge in [0.25, 0.3) is 0 Å². The molecule has 338 valence electrons. The fourth-order valence-electron chi connectivity index (χ4n) is 4.16. The molecular weight excluding hydrogens is 889 g/mol. The largest absolute Gasteiger partial charge is 0.755 e. The lowest BCUT2D eigenvalue weighted by Gasteiger charge is -2.18. The van der Waals surface area contributed by atoms with Crippen LogP contribution in [0.4, 0.5) is 5.69 Å². The average Bonchev–Trinajstić information content (AvgIpc) is 3.19. The average molecular weight is 949 g/mol. The topological polar surface area (TPSA) is 275 Å². The zero-order valence-corrected chi connectivity index (χ0v) is 39.0. The van der Waals surface area contributed by atoms with Crippen LogP contribution in [-0.4, -0.2) is 92.7 Å². The van der Waals surface area contributed by atoms with Crippen LogP contribution in [0.25, 0.3) is 4.85 Å². The van der Waals surface area contributed by atoms with Gasteiger partial charge in [-0.25, -0.2) is 20.1 Å². The SMILES string of the molecule is CC.COP(O)(=S)OCCCCCCNC(=O)Cc1ccc(S(N)(=O)=O)cc1.O=C(O)Cc1ccc(NS(=O)[O-])cc1.[C-]#[N+]CCOP(=S)(OC)OCCCCCCN. The molecule has 0 saturated heterocycles. The Labute approximate surface area is 362 Å². The predicted molar refractivity (Wildman–Crippen MR) is 236 cm³/mol. The summed E-state index contributed by atoms with van der Waals surface area (Å²) in [4.78, 5) is 34.8. The molecular formula is C35H60N5O13P2S4-. The predicted octanol–water partition coefficient (Wildman–Crippen LogP) is 5.31. The van der Waals surface area contributed by atoms with E-state index in [0.29, 0.717) is 36.6 Å². The van der Waals surface area contributed by atoms with Crippen LogP contribution in [-0.2, 0) is 90.0 Å². The minimum Gasteiger partial charge on any atom is -0.755 e. The number of sulfonamides is 1. The van der Waals surface area contributed by atoms with Crippen LogP contribution in [0.3, 0.4) is 0 Å². The van der Waals surface area contributed by atoms with E-state index in [1.54, 1.807) is 24.3 Å². The number of hydrogen-bond acceptors (Lipinski definition) is 14. The number of rotatable bonds is 27. The molecule has 0 bridgehead atoms. The van der Waals surface area contributed by atoms with Crippen molar-refractivity contribution in [3.8, 4) is 0 Å². The first-order valence-electron chi connectivity index (χ1n) is 18.5. The van der Waals surface area contributed by atoms with Crippen LogP contribution < -0.4 is 20.9 Å². The minimum absolute atomic E-state index is 0.0211. The van der Waals surface area contributed by atoms with E-state index in [1.165, 1.54) is 38.5 Å². The summed E-state index contributed by atoms with van der Waals surface area (Å²) >= 11 is 7.50. The van der Waals surface area contributed by atoms with E-state index >= 15 is 0 Å². The zero-order valence-electron chi connectivity index (χ0n) is 33.9. The summed E-state index contributed by atoms with van der Waals surface area (Å²) in [6.07, 6.45) is 7.64. The fraction of sp³-hybridized carbons (Fsp3) is 0.571. The normalized spacial score (nSPS) is 13.2. The standard InChI is InChI=1S/C15H25N2O6PS2.C10H21N2O3PS.C8H9NO4S.C2H6/c1-22-24(19,25)23-11-5-3-2-4-10-17-15(18)12-13-6-8-14(9-7-13)26(16,20)21;1-12-8-10-15-16(17,13-2)14-9-6-4-3-5-7-11;10-8(11)5-6-1-3-7(4-2-6)9-14(12)13;1-2/h6-9H,2-5,10-12H2,1H3,(H,17,18)(H,19,25)(H2,16,20,21);3-11H2,2H3;1-4,9H,5H2,(H,10,11)(H,12,13);1-2H3/p-1. The number of carbonyl (C=O) groups excluding carboxylic acids is 1. The molecule has 2 aromatic carbocycles. The highest BCUT2D eigenvalue weighted by Gasteiger charge is 2.18. The molecule has 0 aliphatic rings. The van der Waals surface area contributed by atoms with Crippen molar-refractivity contribution in [1.29, 1.82) is 0 Å². The van der Waals surface area contributed by atoms with Crippen LogP contribution in [0.5, 0.6) is 0 Å². The first-order valence-corrected chi connectivity index (χ1v) is 26.2. The summed E-state index contributed by atoms with van der Waals surface area (Å²) in [6, 6.07) is 12.0. The van der Waals surface area contributed by atoms with Crippen LogP contribution in [0.2, 0.25) is 0 Å². The lowest BCUT2D eigenvalue weighted by atomic mass is 10.1. The molecule has 0 heterocycles. The Kier molecular flexibility index (Phi) is 35.2. The summed E-state index contributed by atoms with van der Waals surface area (Å²) in [6.45, 7) is 7.68. The number of amides is 1. The fourth-order valence-corrected chi connectivity index (χ4v) is 7.09. The monoisotopic (exact) mass is 948 g/mol. The molecule has 0 aliphatic heterocycles. The van der Waals surface area contributed by atoms with Crippen molar-refractivity contribution in [1.82, 2.24) is 5.32 Å². The van der Waals surface area contributed by atoms with Gasteiger partial charge >= 0.3 is 19.4 Å². The summed E-state index contributed by atoms with van der Waals surface area (Å²) in [7, 11) is -0.923. The van der Waals surface area contributed by atoms with Gasteiger partial charge in [-0.15, -0.1) is 0 Å². The van der Waals surface area contributed by atoms with E-state index in [9.17, 15) is 31.7 Å². The van der Waals surface area contributed by atoms with Gasteiger partial charge in [0.15, 0.2) is 0 Å². The third kappa shape index (κ3) is 34.0. The van der Waals surface area contributed by atoms with Crippen LogP contribution >= 0.6 is 13.4 Å². The van der Waals surface area contributed by atoms with Crippen LogP contribution in [0.1, 0.15) is 76.3 Å². The van der Waals surface area contributed by atoms with Crippen LogP contribution in [0, 0.1) is 6.57 Å². The molecule has 0 aromatic heterocycles. The number of primary sulfonamides is 1.